The summed E-state index contributed by atoms with van der Waals surface area (Å²) >= 11 is 0. The van der Waals surface area contributed by atoms with E-state index in [1.807, 2.05) is 24.3 Å². The lowest BCUT2D eigenvalue weighted by atomic mass is 10.3. The van der Waals surface area contributed by atoms with Crippen LogP contribution in [0.4, 0.5) is 0 Å². The molecule has 0 atom stereocenters. The second kappa shape index (κ2) is 3.82. The van der Waals surface area contributed by atoms with E-state index in [0.717, 1.165) is 11.4 Å². The summed E-state index contributed by atoms with van der Waals surface area (Å²) in [5, 5.41) is 8.04. The largest absolute Gasteiger partial charge is 0.497 e. The van der Waals surface area contributed by atoms with Crippen LogP contribution in [0.25, 0.3) is 16.9 Å². The van der Waals surface area contributed by atoms with Crippen LogP contribution in [0.2, 0.25) is 0 Å². The smallest absolute Gasteiger partial charge is 0.186 e. The SMILES string of the molecule is COc1ccc(-n2nnc3cncnc32)cc1. The Morgan fingerprint density at radius 3 is 2.76 bits per heavy atom. The maximum absolute atomic E-state index is 5.10. The van der Waals surface area contributed by atoms with Crippen molar-refractivity contribution in [1.82, 2.24) is 25.0 Å². The van der Waals surface area contributed by atoms with E-state index < -0.39 is 0 Å². The van der Waals surface area contributed by atoms with Crippen LogP contribution in [-0.2, 0) is 0 Å². The first-order chi connectivity index (χ1) is 8.38. The number of hydrogen-bond acceptors (Lipinski definition) is 5. The summed E-state index contributed by atoms with van der Waals surface area (Å²) in [4.78, 5) is 8.06. The summed E-state index contributed by atoms with van der Waals surface area (Å²) in [7, 11) is 1.63. The predicted octanol–water partition coefficient (Wildman–Crippen LogP) is 1.22. The Hall–Kier alpha value is -2.50. The maximum atomic E-state index is 5.10. The van der Waals surface area contributed by atoms with Crippen molar-refractivity contribution in [3.05, 3.63) is 36.8 Å². The third-order valence-corrected chi connectivity index (χ3v) is 2.43. The van der Waals surface area contributed by atoms with Crippen molar-refractivity contribution >= 4 is 11.2 Å². The Labute approximate surface area is 96.9 Å². The number of hydrogen-bond donors (Lipinski definition) is 0. The molecule has 0 saturated heterocycles. The van der Waals surface area contributed by atoms with Gasteiger partial charge in [0.2, 0.25) is 0 Å². The van der Waals surface area contributed by atoms with Crippen molar-refractivity contribution in [1.29, 1.82) is 0 Å². The van der Waals surface area contributed by atoms with Crippen LogP contribution in [0.1, 0.15) is 0 Å². The Morgan fingerprint density at radius 1 is 1.18 bits per heavy atom. The van der Waals surface area contributed by atoms with E-state index in [9.17, 15) is 0 Å². The molecule has 0 amide bonds. The average Bonchev–Trinajstić information content (AvgIpc) is 2.83. The number of ether oxygens (including phenoxy) is 1. The predicted molar refractivity (Wildman–Crippen MR) is 61.0 cm³/mol. The third-order valence-electron chi connectivity index (χ3n) is 2.43. The minimum absolute atomic E-state index is 0.670. The molecule has 3 aromatic rings. The van der Waals surface area contributed by atoms with E-state index in [-0.39, 0.29) is 0 Å². The number of fused-ring (bicyclic) bond motifs is 1. The van der Waals surface area contributed by atoms with Crippen LogP contribution >= 0.6 is 0 Å². The van der Waals surface area contributed by atoms with Crippen LogP contribution in [0.15, 0.2) is 36.8 Å². The summed E-state index contributed by atoms with van der Waals surface area (Å²) in [6, 6.07) is 7.53. The molecule has 17 heavy (non-hydrogen) atoms. The van der Waals surface area contributed by atoms with Gasteiger partial charge in [0, 0.05) is 0 Å². The quantitative estimate of drug-likeness (QED) is 0.658. The van der Waals surface area contributed by atoms with Crippen molar-refractivity contribution in [2.45, 2.75) is 0 Å². The van der Waals surface area contributed by atoms with Gasteiger partial charge in [-0.15, -0.1) is 5.10 Å². The highest BCUT2D eigenvalue weighted by Gasteiger charge is 2.07. The fraction of sp³-hybridized carbons (Fsp3) is 0.0909. The molecule has 0 fully saturated rings. The lowest BCUT2D eigenvalue weighted by Gasteiger charge is -2.02. The zero-order valence-corrected chi connectivity index (χ0v) is 9.11. The van der Waals surface area contributed by atoms with Gasteiger partial charge in [0.05, 0.1) is 19.0 Å². The molecule has 2 heterocycles. The second-order valence-electron chi connectivity index (χ2n) is 3.43. The Morgan fingerprint density at radius 2 is 2.00 bits per heavy atom. The summed E-state index contributed by atoms with van der Waals surface area (Å²) in [6.45, 7) is 0. The molecule has 0 aliphatic carbocycles. The number of nitrogens with zero attached hydrogens (tertiary/aromatic N) is 5. The molecule has 0 radical (unpaired) electrons. The first-order valence-corrected chi connectivity index (χ1v) is 5.04. The van der Waals surface area contributed by atoms with Crippen LogP contribution in [0.5, 0.6) is 5.75 Å². The molecule has 0 saturated carbocycles. The first-order valence-electron chi connectivity index (χ1n) is 5.04. The summed E-state index contributed by atoms with van der Waals surface area (Å²) in [6.07, 6.45) is 3.11. The van der Waals surface area contributed by atoms with Crippen LogP contribution in [0, 0.1) is 0 Å². The molecular weight excluding hydrogens is 218 g/mol. The average molecular weight is 227 g/mol. The molecule has 0 aliphatic heterocycles. The van der Waals surface area contributed by atoms with E-state index in [4.69, 9.17) is 4.74 Å². The minimum Gasteiger partial charge on any atom is -0.497 e. The fourth-order valence-corrected chi connectivity index (χ4v) is 1.58. The molecule has 6 heteroatoms. The molecule has 84 valence electrons. The van der Waals surface area contributed by atoms with Gasteiger partial charge in [-0.2, -0.15) is 4.68 Å². The fourth-order valence-electron chi connectivity index (χ4n) is 1.58. The highest BCUT2D eigenvalue weighted by atomic mass is 16.5. The standard InChI is InChI=1S/C11H9N5O/c1-17-9-4-2-8(3-5-9)16-11-10(14-15-16)6-12-7-13-11/h2-7H,1H3. The van der Waals surface area contributed by atoms with E-state index >= 15 is 0 Å². The van der Waals surface area contributed by atoms with Crippen molar-refractivity contribution in [3.8, 4) is 11.4 Å². The van der Waals surface area contributed by atoms with Crippen molar-refractivity contribution in [3.63, 3.8) is 0 Å². The molecule has 6 nitrogen and oxygen atoms in total. The van der Waals surface area contributed by atoms with Crippen LogP contribution in [-0.4, -0.2) is 32.1 Å². The molecule has 0 N–H and O–H groups in total. The Bertz CT molecular complexity index is 646. The number of rotatable bonds is 2. The van der Waals surface area contributed by atoms with Gasteiger partial charge in [-0.1, -0.05) is 5.21 Å². The van der Waals surface area contributed by atoms with Gasteiger partial charge < -0.3 is 4.74 Å². The normalized spacial score (nSPS) is 10.6. The van der Waals surface area contributed by atoms with Crippen LogP contribution < -0.4 is 4.74 Å². The van der Waals surface area contributed by atoms with Crippen molar-refractivity contribution in [2.75, 3.05) is 7.11 Å². The topological polar surface area (TPSA) is 65.7 Å². The molecule has 2 aromatic heterocycles. The highest BCUT2D eigenvalue weighted by Crippen LogP contribution is 2.16. The molecule has 0 spiro atoms. The monoisotopic (exact) mass is 227 g/mol. The van der Waals surface area contributed by atoms with Crippen LogP contribution in [0.3, 0.4) is 0 Å². The van der Waals surface area contributed by atoms with Crippen molar-refractivity contribution in [2.24, 2.45) is 0 Å². The molecule has 1 aromatic carbocycles. The molecular formula is C11H9N5O. The highest BCUT2D eigenvalue weighted by molar-refractivity contribution is 5.70. The van der Waals surface area contributed by atoms with Crippen molar-refractivity contribution < 1.29 is 4.74 Å². The summed E-state index contributed by atoms with van der Waals surface area (Å²) in [5.74, 6) is 0.799. The van der Waals surface area contributed by atoms with E-state index in [2.05, 4.69) is 20.3 Å². The Balaban J connectivity index is 2.13. The molecule has 0 unspecified atom stereocenters. The van der Waals surface area contributed by atoms with Gasteiger partial charge in [0.25, 0.3) is 0 Å². The number of methoxy groups -OCH3 is 1. The zero-order chi connectivity index (χ0) is 11.7. The molecule has 0 bridgehead atoms. The number of aromatic nitrogens is 5. The molecule has 0 aliphatic rings. The van der Waals surface area contributed by atoms with Gasteiger partial charge in [-0.05, 0) is 24.3 Å². The lowest BCUT2D eigenvalue weighted by molar-refractivity contribution is 0.414. The van der Waals surface area contributed by atoms with Gasteiger partial charge in [0.15, 0.2) is 11.2 Å². The van der Waals surface area contributed by atoms with Gasteiger partial charge in [-0.25, -0.2) is 9.97 Å². The van der Waals surface area contributed by atoms with E-state index in [1.165, 1.54) is 6.33 Å². The van der Waals surface area contributed by atoms with Gasteiger partial charge in [-0.3, -0.25) is 0 Å². The lowest BCUT2D eigenvalue weighted by Crippen LogP contribution is -1.97. The number of benzene rings is 1. The van der Waals surface area contributed by atoms with E-state index in [1.54, 1.807) is 18.0 Å². The minimum atomic E-state index is 0.670. The summed E-state index contributed by atoms with van der Waals surface area (Å²) < 4.78 is 6.77. The first kappa shape index (κ1) is 9.71. The third kappa shape index (κ3) is 1.59. The summed E-state index contributed by atoms with van der Waals surface area (Å²) in [5.41, 5.74) is 2.24. The van der Waals surface area contributed by atoms with E-state index in [0.29, 0.717) is 11.2 Å². The molecule has 3 rings (SSSR count). The maximum Gasteiger partial charge on any atom is 0.186 e. The zero-order valence-electron chi connectivity index (χ0n) is 9.11. The Kier molecular flexibility index (Phi) is 2.18. The second-order valence-corrected chi connectivity index (χ2v) is 3.43. The van der Waals surface area contributed by atoms with Gasteiger partial charge in [0.1, 0.15) is 12.1 Å². The van der Waals surface area contributed by atoms with Gasteiger partial charge >= 0.3 is 0 Å².